The number of phenolic OH excluding ortho intramolecular Hbond substituents is 2. The normalized spacial score (nSPS) is 14.0. The predicted molar refractivity (Wildman–Crippen MR) is 77.7 cm³/mol. The lowest BCUT2D eigenvalue weighted by Gasteiger charge is -2.18. The Kier molecular flexibility index (Phi) is 4.10. The van der Waals surface area contributed by atoms with E-state index in [1.165, 1.54) is 11.1 Å². The molecule has 2 nitrogen and oxygen atoms in total. The Labute approximate surface area is 114 Å². The summed E-state index contributed by atoms with van der Waals surface area (Å²) >= 11 is 0. The Hall–Kier alpha value is -1.96. The van der Waals surface area contributed by atoms with Gasteiger partial charge in [-0.3, -0.25) is 0 Å². The molecule has 0 saturated heterocycles. The molecule has 100 valence electrons. The van der Waals surface area contributed by atoms with E-state index in [1.54, 1.807) is 24.3 Å². The maximum atomic E-state index is 9.30. The van der Waals surface area contributed by atoms with Gasteiger partial charge in [0.1, 0.15) is 11.5 Å². The van der Waals surface area contributed by atoms with Crippen molar-refractivity contribution in [1.29, 1.82) is 0 Å². The molecule has 0 amide bonds. The zero-order valence-electron chi connectivity index (χ0n) is 11.4. The molecule has 0 fully saturated rings. The largest absolute Gasteiger partial charge is 0.508 e. The number of benzene rings is 2. The molecule has 0 heterocycles. The number of hydrogen-bond donors (Lipinski definition) is 2. The van der Waals surface area contributed by atoms with Gasteiger partial charge in [-0.25, -0.2) is 0 Å². The van der Waals surface area contributed by atoms with Crippen LogP contribution in [-0.2, 0) is 0 Å². The molecule has 2 rings (SSSR count). The Balaban J connectivity index is 2.03. The van der Waals surface area contributed by atoms with E-state index in [0.29, 0.717) is 23.3 Å². The van der Waals surface area contributed by atoms with Crippen LogP contribution in [0.15, 0.2) is 48.5 Å². The van der Waals surface area contributed by atoms with Crippen molar-refractivity contribution in [3.05, 3.63) is 59.7 Å². The van der Waals surface area contributed by atoms with Gasteiger partial charge in [-0.15, -0.1) is 0 Å². The van der Waals surface area contributed by atoms with Gasteiger partial charge in [-0.05, 0) is 53.6 Å². The molecule has 0 radical (unpaired) electrons. The van der Waals surface area contributed by atoms with Gasteiger partial charge in [0, 0.05) is 0 Å². The summed E-state index contributed by atoms with van der Waals surface area (Å²) in [6, 6.07) is 14.8. The van der Waals surface area contributed by atoms with Crippen molar-refractivity contribution in [2.24, 2.45) is 0 Å². The molecule has 0 bridgehead atoms. The average Bonchev–Trinajstić information content (AvgIpc) is 2.40. The van der Waals surface area contributed by atoms with Gasteiger partial charge in [0.2, 0.25) is 0 Å². The lowest BCUT2D eigenvalue weighted by molar-refractivity contribution is 0.474. The SMILES string of the molecule is CC(CC(C)c1ccc(O)cc1)c1ccc(O)cc1. The van der Waals surface area contributed by atoms with E-state index in [1.807, 2.05) is 24.3 Å². The van der Waals surface area contributed by atoms with Crippen LogP contribution in [0.1, 0.15) is 43.2 Å². The highest BCUT2D eigenvalue weighted by Crippen LogP contribution is 2.30. The molecule has 2 unspecified atom stereocenters. The molecule has 0 aliphatic heterocycles. The third kappa shape index (κ3) is 3.50. The quantitative estimate of drug-likeness (QED) is 0.851. The van der Waals surface area contributed by atoms with Crippen LogP contribution in [0, 0.1) is 0 Å². The highest BCUT2D eigenvalue weighted by molar-refractivity contribution is 5.30. The van der Waals surface area contributed by atoms with Crippen molar-refractivity contribution in [3.8, 4) is 11.5 Å². The molecular weight excluding hydrogens is 236 g/mol. The van der Waals surface area contributed by atoms with E-state index in [2.05, 4.69) is 13.8 Å². The second-order valence-corrected chi connectivity index (χ2v) is 5.22. The maximum absolute atomic E-state index is 9.30. The van der Waals surface area contributed by atoms with E-state index in [0.717, 1.165) is 6.42 Å². The van der Waals surface area contributed by atoms with E-state index in [-0.39, 0.29) is 0 Å². The van der Waals surface area contributed by atoms with Gasteiger partial charge in [0.25, 0.3) is 0 Å². The third-order valence-corrected chi connectivity index (χ3v) is 3.63. The van der Waals surface area contributed by atoms with Crippen LogP contribution in [0.2, 0.25) is 0 Å². The van der Waals surface area contributed by atoms with Crippen LogP contribution in [0.25, 0.3) is 0 Å². The molecule has 2 N–H and O–H groups in total. The summed E-state index contributed by atoms with van der Waals surface area (Å²) in [6.45, 7) is 4.40. The maximum Gasteiger partial charge on any atom is 0.115 e. The van der Waals surface area contributed by atoms with Crippen LogP contribution in [0.4, 0.5) is 0 Å². The molecule has 0 aliphatic carbocycles. The van der Waals surface area contributed by atoms with Gasteiger partial charge < -0.3 is 10.2 Å². The number of aromatic hydroxyl groups is 2. The fourth-order valence-electron chi connectivity index (χ4n) is 2.41. The molecule has 0 saturated carbocycles. The molecular formula is C17H20O2. The van der Waals surface area contributed by atoms with Crippen molar-refractivity contribution in [3.63, 3.8) is 0 Å². The Morgan fingerprint density at radius 1 is 0.684 bits per heavy atom. The van der Waals surface area contributed by atoms with Crippen LogP contribution in [0.3, 0.4) is 0 Å². The lowest BCUT2D eigenvalue weighted by Crippen LogP contribution is -2.01. The molecule has 0 aliphatic rings. The zero-order chi connectivity index (χ0) is 13.8. The number of phenols is 2. The monoisotopic (exact) mass is 256 g/mol. The summed E-state index contributed by atoms with van der Waals surface area (Å²) in [4.78, 5) is 0. The Morgan fingerprint density at radius 2 is 1.00 bits per heavy atom. The van der Waals surface area contributed by atoms with Gasteiger partial charge >= 0.3 is 0 Å². The summed E-state index contributed by atoms with van der Waals surface area (Å²) in [6.07, 6.45) is 1.04. The second-order valence-electron chi connectivity index (χ2n) is 5.22. The standard InChI is InChI=1S/C17H20O2/c1-12(14-3-7-16(18)8-4-14)11-13(2)15-5-9-17(19)10-6-15/h3-10,12-13,18-19H,11H2,1-2H3. The topological polar surface area (TPSA) is 40.5 Å². The molecule has 0 aromatic heterocycles. The molecule has 2 heteroatoms. The van der Waals surface area contributed by atoms with Gasteiger partial charge in [-0.2, -0.15) is 0 Å². The van der Waals surface area contributed by atoms with Crippen LogP contribution >= 0.6 is 0 Å². The molecule has 2 atom stereocenters. The summed E-state index contributed by atoms with van der Waals surface area (Å²) in [5.74, 6) is 1.49. The minimum atomic E-state index is 0.308. The van der Waals surface area contributed by atoms with Crippen molar-refractivity contribution < 1.29 is 10.2 Å². The van der Waals surface area contributed by atoms with Gasteiger partial charge in [0.15, 0.2) is 0 Å². The number of rotatable bonds is 4. The first-order valence-electron chi connectivity index (χ1n) is 6.64. The van der Waals surface area contributed by atoms with E-state index < -0.39 is 0 Å². The Bertz CT molecular complexity index is 464. The summed E-state index contributed by atoms with van der Waals surface area (Å²) in [7, 11) is 0. The highest BCUT2D eigenvalue weighted by Gasteiger charge is 2.12. The van der Waals surface area contributed by atoms with Crippen LogP contribution in [0.5, 0.6) is 11.5 Å². The van der Waals surface area contributed by atoms with Crippen molar-refractivity contribution in [1.82, 2.24) is 0 Å². The highest BCUT2D eigenvalue weighted by atomic mass is 16.3. The first-order valence-corrected chi connectivity index (χ1v) is 6.64. The molecule has 2 aromatic rings. The van der Waals surface area contributed by atoms with E-state index >= 15 is 0 Å². The first-order chi connectivity index (χ1) is 9.06. The number of hydrogen-bond acceptors (Lipinski definition) is 2. The first kappa shape index (κ1) is 13.5. The third-order valence-electron chi connectivity index (χ3n) is 3.63. The minimum absolute atomic E-state index is 0.308. The molecule has 2 aromatic carbocycles. The smallest absolute Gasteiger partial charge is 0.115 e. The fourth-order valence-corrected chi connectivity index (χ4v) is 2.41. The summed E-state index contributed by atoms with van der Waals surface area (Å²) < 4.78 is 0. The second kappa shape index (κ2) is 5.79. The van der Waals surface area contributed by atoms with Crippen molar-refractivity contribution in [2.45, 2.75) is 32.1 Å². The lowest BCUT2D eigenvalue weighted by atomic mass is 9.87. The van der Waals surface area contributed by atoms with Crippen molar-refractivity contribution in [2.75, 3.05) is 0 Å². The fraction of sp³-hybridized carbons (Fsp3) is 0.294. The minimum Gasteiger partial charge on any atom is -0.508 e. The summed E-state index contributed by atoms with van der Waals surface area (Å²) in [5.41, 5.74) is 2.48. The van der Waals surface area contributed by atoms with E-state index in [9.17, 15) is 10.2 Å². The van der Waals surface area contributed by atoms with Gasteiger partial charge in [-0.1, -0.05) is 38.1 Å². The van der Waals surface area contributed by atoms with E-state index in [4.69, 9.17) is 0 Å². The van der Waals surface area contributed by atoms with Crippen molar-refractivity contribution >= 4 is 0 Å². The van der Waals surface area contributed by atoms with Crippen LogP contribution in [-0.4, -0.2) is 10.2 Å². The summed E-state index contributed by atoms with van der Waals surface area (Å²) in [5, 5.41) is 18.6. The predicted octanol–water partition coefficient (Wildman–Crippen LogP) is 4.40. The van der Waals surface area contributed by atoms with Crippen LogP contribution < -0.4 is 0 Å². The van der Waals surface area contributed by atoms with Gasteiger partial charge in [0.05, 0.1) is 0 Å². The average molecular weight is 256 g/mol. The molecule has 19 heavy (non-hydrogen) atoms. The Morgan fingerprint density at radius 3 is 1.32 bits per heavy atom. The molecule has 0 spiro atoms. The zero-order valence-corrected chi connectivity index (χ0v) is 11.4.